The predicted molar refractivity (Wildman–Crippen MR) is 170 cm³/mol. The van der Waals surface area contributed by atoms with Gasteiger partial charge in [-0.2, -0.15) is 5.26 Å². The van der Waals surface area contributed by atoms with Gasteiger partial charge in [-0.3, -0.25) is 9.69 Å². The lowest BCUT2D eigenvalue weighted by atomic mass is 10.1. The van der Waals surface area contributed by atoms with Crippen molar-refractivity contribution < 1.29 is 9.53 Å². The zero-order valence-electron chi connectivity index (χ0n) is 25.5. The number of nitriles is 1. The van der Waals surface area contributed by atoms with Crippen molar-refractivity contribution in [3.8, 4) is 28.5 Å². The third kappa shape index (κ3) is 6.39. The Bertz CT molecular complexity index is 1880. The number of fused-ring (bicyclic) bond motifs is 1. The first-order chi connectivity index (χ1) is 22.5. The summed E-state index contributed by atoms with van der Waals surface area (Å²) in [5.41, 5.74) is 6.28. The molecule has 1 unspecified atom stereocenters. The van der Waals surface area contributed by atoms with Gasteiger partial charge in [0.2, 0.25) is 17.5 Å². The fraction of sp³-hybridized carbons (Fsp3) is 0.333. The van der Waals surface area contributed by atoms with Crippen LogP contribution < -0.4 is 4.90 Å². The normalized spacial score (nSPS) is 17.3. The minimum atomic E-state index is -0.174. The van der Waals surface area contributed by atoms with E-state index in [0.717, 1.165) is 49.4 Å². The van der Waals surface area contributed by atoms with Gasteiger partial charge in [-0.1, -0.05) is 41.6 Å². The maximum atomic E-state index is 11.6. The molecule has 5 aromatic rings. The Balaban J connectivity index is 0.980. The lowest BCUT2D eigenvalue weighted by molar-refractivity contribution is -0.130. The van der Waals surface area contributed by atoms with Gasteiger partial charge in [0.05, 0.1) is 42.8 Å². The van der Waals surface area contributed by atoms with E-state index in [4.69, 9.17) is 19.7 Å². The highest BCUT2D eigenvalue weighted by Crippen LogP contribution is 2.23. The molecule has 0 saturated carbocycles. The number of anilines is 1. The molecule has 5 heterocycles. The Hall–Kier alpha value is -5.32. The first kappa shape index (κ1) is 29.4. The van der Waals surface area contributed by atoms with Crippen molar-refractivity contribution in [3.05, 3.63) is 78.2 Å². The standard InChI is InChI=1S/C33H33N11O2/c1-23(45)42-11-9-41(10-12-42)20-24-5-7-26(8-6-24)28-17-36-33(37-18-28)43-13-14-46-29(21-43)22-44-32-31(39-40-44)35-19-30(38-32)27-4-2-3-25(15-27)16-34/h2-8,15,17-19,29H,9-14,20-22H2,1H3. The van der Waals surface area contributed by atoms with Gasteiger partial charge in [-0.05, 0) is 23.3 Å². The molecule has 2 saturated heterocycles. The number of rotatable bonds is 7. The van der Waals surface area contributed by atoms with E-state index < -0.39 is 0 Å². The Morgan fingerprint density at radius 3 is 2.52 bits per heavy atom. The lowest BCUT2D eigenvalue weighted by Gasteiger charge is -2.34. The summed E-state index contributed by atoms with van der Waals surface area (Å²) in [6.45, 7) is 8.11. The van der Waals surface area contributed by atoms with Crippen molar-refractivity contribution in [1.82, 2.24) is 44.7 Å². The molecule has 0 N–H and O–H groups in total. The molecule has 232 valence electrons. The number of benzene rings is 2. The van der Waals surface area contributed by atoms with Crippen molar-refractivity contribution in [3.63, 3.8) is 0 Å². The average molecular weight is 616 g/mol. The summed E-state index contributed by atoms with van der Waals surface area (Å²) >= 11 is 0. The minimum absolute atomic E-state index is 0.150. The fourth-order valence-corrected chi connectivity index (χ4v) is 5.89. The molecule has 46 heavy (non-hydrogen) atoms. The molecule has 0 bridgehead atoms. The highest BCUT2D eigenvalue weighted by molar-refractivity contribution is 5.73. The summed E-state index contributed by atoms with van der Waals surface area (Å²) in [5.74, 6) is 0.804. The SMILES string of the molecule is CC(=O)N1CCN(Cc2ccc(-c3cnc(N4CCOC(Cn5nnc6ncc(-c7cccc(C#N)c7)nc65)C4)nc3)cc2)CC1. The van der Waals surface area contributed by atoms with E-state index in [1.807, 2.05) is 29.4 Å². The van der Waals surface area contributed by atoms with Crippen LogP contribution in [-0.4, -0.2) is 103 Å². The molecule has 13 nitrogen and oxygen atoms in total. The molecule has 3 aromatic heterocycles. The third-order valence-electron chi connectivity index (χ3n) is 8.46. The smallest absolute Gasteiger partial charge is 0.225 e. The van der Waals surface area contributed by atoms with Gasteiger partial charge in [0, 0.05) is 76.3 Å². The van der Waals surface area contributed by atoms with Crippen LogP contribution in [0.2, 0.25) is 0 Å². The molecule has 0 spiro atoms. The van der Waals surface area contributed by atoms with E-state index in [9.17, 15) is 10.1 Å². The van der Waals surface area contributed by atoms with Crippen LogP contribution in [0, 0.1) is 11.3 Å². The lowest BCUT2D eigenvalue weighted by Crippen LogP contribution is -2.47. The maximum absolute atomic E-state index is 11.6. The number of nitrogens with zero attached hydrogens (tertiary/aromatic N) is 11. The Morgan fingerprint density at radius 2 is 1.76 bits per heavy atom. The van der Waals surface area contributed by atoms with E-state index >= 15 is 0 Å². The number of aromatic nitrogens is 7. The molecule has 2 aromatic carbocycles. The molecule has 7 rings (SSSR count). The van der Waals surface area contributed by atoms with Crippen molar-refractivity contribution in [2.24, 2.45) is 0 Å². The van der Waals surface area contributed by atoms with Gasteiger partial charge in [-0.15, -0.1) is 5.10 Å². The van der Waals surface area contributed by atoms with Crippen molar-refractivity contribution in [2.75, 3.05) is 50.8 Å². The van der Waals surface area contributed by atoms with E-state index in [0.29, 0.717) is 54.7 Å². The molecule has 2 aliphatic rings. The average Bonchev–Trinajstić information content (AvgIpc) is 3.50. The summed E-state index contributed by atoms with van der Waals surface area (Å²) < 4.78 is 7.80. The Morgan fingerprint density at radius 1 is 0.957 bits per heavy atom. The van der Waals surface area contributed by atoms with Gasteiger partial charge in [0.15, 0.2) is 5.65 Å². The van der Waals surface area contributed by atoms with Crippen molar-refractivity contribution in [2.45, 2.75) is 26.1 Å². The monoisotopic (exact) mass is 615 g/mol. The maximum Gasteiger partial charge on any atom is 0.225 e. The predicted octanol–water partition coefficient (Wildman–Crippen LogP) is 2.79. The van der Waals surface area contributed by atoms with Crippen LogP contribution in [0.1, 0.15) is 18.1 Å². The van der Waals surface area contributed by atoms with Crippen LogP contribution in [0.25, 0.3) is 33.7 Å². The molecular weight excluding hydrogens is 582 g/mol. The quantitative estimate of drug-likeness (QED) is 0.267. The van der Waals surface area contributed by atoms with Crippen LogP contribution in [0.5, 0.6) is 0 Å². The number of carbonyl (C=O) groups is 1. The molecule has 2 aliphatic heterocycles. The second-order valence-electron chi connectivity index (χ2n) is 11.6. The summed E-state index contributed by atoms with van der Waals surface area (Å²) in [6, 6.07) is 18.0. The summed E-state index contributed by atoms with van der Waals surface area (Å²) in [6.07, 6.45) is 5.21. The Kier molecular flexibility index (Phi) is 8.28. The van der Waals surface area contributed by atoms with Crippen LogP contribution in [0.15, 0.2) is 67.1 Å². The van der Waals surface area contributed by atoms with Crippen LogP contribution in [0.3, 0.4) is 0 Å². The van der Waals surface area contributed by atoms with Gasteiger partial charge in [0.1, 0.15) is 0 Å². The van der Waals surface area contributed by atoms with E-state index in [1.165, 1.54) is 5.56 Å². The largest absolute Gasteiger partial charge is 0.373 e. The topological polar surface area (TPSA) is 142 Å². The third-order valence-corrected chi connectivity index (χ3v) is 8.46. The van der Waals surface area contributed by atoms with E-state index in [2.05, 4.69) is 55.4 Å². The summed E-state index contributed by atoms with van der Waals surface area (Å²) in [4.78, 5) is 36.6. The number of amides is 1. The number of hydrogen-bond acceptors (Lipinski definition) is 11. The second kappa shape index (κ2) is 13.0. The first-order valence-corrected chi connectivity index (χ1v) is 15.3. The van der Waals surface area contributed by atoms with Gasteiger partial charge in [0.25, 0.3) is 0 Å². The molecule has 1 amide bonds. The first-order valence-electron chi connectivity index (χ1n) is 15.3. The summed E-state index contributed by atoms with van der Waals surface area (Å²) in [5, 5.41) is 17.8. The van der Waals surface area contributed by atoms with Gasteiger partial charge < -0.3 is 14.5 Å². The minimum Gasteiger partial charge on any atom is -0.373 e. The number of ether oxygens (including phenoxy) is 1. The number of hydrogen-bond donors (Lipinski definition) is 0. The zero-order valence-corrected chi connectivity index (χ0v) is 25.5. The molecule has 13 heteroatoms. The molecule has 0 radical (unpaired) electrons. The van der Waals surface area contributed by atoms with Crippen LogP contribution in [-0.2, 0) is 22.6 Å². The zero-order chi connectivity index (χ0) is 31.5. The van der Waals surface area contributed by atoms with Gasteiger partial charge in [-0.25, -0.2) is 24.6 Å². The van der Waals surface area contributed by atoms with Crippen LogP contribution >= 0.6 is 0 Å². The summed E-state index contributed by atoms with van der Waals surface area (Å²) in [7, 11) is 0. The molecule has 0 aliphatic carbocycles. The van der Waals surface area contributed by atoms with Gasteiger partial charge >= 0.3 is 0 Å². The number of carbonyl (C=O) groups excluding carboxylic acids is 1. The fourth-order valence-electron chi connectivity index (χ4n) is 5.89. The number of morpholine rings is 1. The number of piperazine rings is 1. The van der Waals surface area contributed by atoms with Crippen molar-refractivity contribution >= 4 is 23.1 Å². The molecule has 1 atom stereocenters. The van der Waals surface area contributed by atoms with E-state index in [1.54, 1.807) is 29.9 Å². The van der Waals surface area contributed by atoms with Crippen molar-refractivity contribution in [1.29, 1.82) is 5.26 Å². The highest BCUT2D eigenvalue weighted by Gasteiger charge is 2.25. The van der Waals surface area contributed by atoms with Crippen LogP contribution in [0.4, 0.5) is 5.95 Å². The Labute approximate surface area is 266 Å². The highest BCUT2D eigenvalue weighted by atomic mass is 16.5. The molecular formula is C33H33N11O2. The van der Waals surface area contributed by atoms with E-state index in [-0.39, 0.29) is 12.0 Å². The molecule has 2 fully saturated rings. The second-order valence-corrected chi connectivity index (χ2v) is 11.6.